The summed E-state index contributed by atoms with van der Waals surface area (Å²) in [7, 11) is 4.83. The molecule has 0 saturated heterocycles. The molecule has 8 nitrogen and oxygen atoms in total. The Bertz CT molecular complexity index is 1140. The number of nitrogen functional groups attached to an aromatic ring is 1. The number of amides is 1. The van der Waals surface area contributed by atoms with Crippen molar-refractivity contribution in [3.05, 3.63) is 59.3 Å². The lowest BCUT2D eigenvalue weighted by atomic mass is 10.0. The molecule has 1 amide bonds. The Morgan fingerprint density at radius 1 is 1.00 bits per heavy atom. The topological polar surface area (TPSA) is 99.8 Å². The molecule has 2 heterocycles. The number of nitrogens with zero attached hydrogens (tertiary/aromatic N) is 3. The van der Waals surface area contributed by atoms with E-state index < -0.39 is 0 Å². The van der Waals surface area contributed by atoms with Gasteiger partial charge in [0.15, 0.2) is 0 Å². The zero-order chi connectivity index (χ0) is 22.7. The highest BCUT2D eigenvalue weighted by Crippen LogP contribution is 2.34. The second kappa shape index (κ2) is 9.35. The monoisotopic (exact) mass is 452 g/mol. The molecule has 2 N–H and O–H groups in total. The minimum atomic E-state index is -0.171. The van der Waals surface area contributed by atoms with Crippen LogP contribution in [0.15, 0.2) is 52.4 Å². The molecule has 0 bridgehead atoms. The van der Waals surface area contributed by atoms with E-state index in [9.17, 15) is 4.79 Å². The summed E-state index contributed by atoms with van der Waals surface area (Å²) in [5.74, 6) is 2.05. The molecule has 0 fully saturated rings. The van der Waals surface area contributed by atoms with Crippen LogP contribution in [-0.2, 0) is 13.0 Å². The van der Waals surface area contributed by atoms with Crippen LogP contribution in [0.2, 0.25) is 0 Å². The van der Waals surface area contributed by atoms with Gasteiger partial charge in [0.2, 0.25) is 5.95 Å². The SMILES string of the molecule is COc1ccc(Sc2nc(N)nc3c2CCN(Cc2ccc(OC)cc2OC)C3=O)cc1. The number of nitrogens with two attached hydrogens (primary N) is 1. The van der Waals surface area contributed by atoms with Crippen LogP contribution < -0.4 is 19.9 Å². The molecule has 0 saturated carbocycles. The molecular formula is C23H24N4O4S. The van der Waals surface area contributed by atoms with Crippen molar-refractivity contribution < 1.29 is 19.0 Å². The Kier molecular flexibility index (Phi) is 6.36. The molecule has 0 radical (unpaired) electrons. The van der Waals surface area contributed by atoms with Crippen LogP contribution >= 0.6 is 11.8 Å². The molecule has 0 aliphatic carbocycles. The number of hydrogen-bond acceptors (Lipinski definition) is 8. The fraction of sp³-hybridized carbons (Fsp3) is 0.261. The number of ether oxygens (including phenoxy) is 3. The first kappa shape index (κ1) is 21.8. The molecule has 2 aromatic carbocycles. The normalized spacial score (nSPS) is 13.0. The average molecular weight is 453 g/mol. The Balaban J connectivity index is 1.59. The average Bonchev–Trinajstić information content (AvgIpc) is 2.81. The van der Waals surface area contributed by atoms with Crippen molar-refractivity contribution in [3.63, 3.8) is 0 Å². The van der Waals surface area contributed by atoms with E-state index in [0.29, 0.717) is 41.7 Å². The van der Waals surface area contributed by atoms with Gasteiger partial charge in [0.05, 0.1) is 21.3 Å². The summed E-state index contributed by atoms with van der Waals surface area (Å²) in [6.45, 7) is 0.945. The van der Waals surface area contributed by atoms with Crippen LogP contribution in [0.4, 0.5) is 5.95 Å². The first-order valence-electron chi connectivity index (χ1n) is 10.0. The van der Waals surface area contributed by atoms with Gasteiger partial charge in [-0.15, -0.1) is 0 Å². The van der Waals surface area contributed by atoms with E-state index in [0.717, 1.165) is 21.8 Å². The van der Waals surface area contributed by atoms with E-state index in [4.69, 9.17) is 19.9 Å². The van der Waals surface area contributed by atoms with Gasteiger partial charge in [0.25, 0.3) is 5.91 Å². The zero-order valence-electron chi connectivity index (χ0n) is 18.1. The van der Waals surface area contributed by atoms with Crippen LogP contribution in [0, 0.1) is 0 Å². The Hall–Kier alpha value is -3.46. The van der Waals surface area contributed by atoms with Gasteiger partial charge in [-0.05, 0) is 42.8 Å². The van der Waals surface area contributed by atoms with Crippen LogP contribution in [0.25, 0.3) is 0 Å². The van der Waals surface area contributed by atoms with Crippen LogP contribution in [0.1, 0.15) is 21.6 Å². The molecule has 0 unspecified atom stereocenters. The molecule has 9 heteroatoms. The number of carbonyl (C=O) groups is 1. The highest BCUT2D eigenvalue weighted by molar-refractivity contribution is 7.99. The number of rotatable bonds is 7. The van der Waals surface area contributed by atoms with E-state index in [1.54, 1.807) is 26.2 Å². The van der Waals surface area contributed by atoms with Gasteiger partial charge < -0.3 is 24.8 Å². The lowest BCUT2D eigenvalue weighted by Gasteiger charge is -2.29. The predicted octanol–water partition coefficient (Wildman–Crippen LogP) is 3.43. The summed E-state index contributed by atoms with van der Waals surface area (Å²) in [4.78, 5) is 24.7. The molecule has 4 rings (SSSR count). The summed E-state index contributed by atoms with van der Waals surface area (Å²) >= 11 is 1.46. The van der Waals surface area contributed by atoms with Crippen molar-refractivity contribution in [2.24, 2.45) is 0 Å². The van der Waals surface area contributed by atoms with Gasteiger partial charge in [0.1, 0.15) is 28.0 Å². The van der Waals surface area contributed by atoms with Gasteiger partial charge in [-0.3, -0.25) is 4.79 Å². The van der Waals surface area contributed by atoms with E-state index in [1.165, 1.54) is 11.8 Å². The van der Waals surface area contributed by atoms with E-state index in [1.807, 2.05) is 42.5 Å². The van der Waals surface area contributed by atoms with Gasteiger partial charge in [-0.2, -0.15) is 0 Å². The number of carbonyl (C=O) groups excluding carboxylic acids is 1. The Morgan fingerprint density at radius 2 is 1.72 bits per heavy atom. The van der Waals surface area contributed by atoms with Crippen LogP contribution in [-0.4, -0.2) is 48.6 Å². The molecule has 1 aromatic heterocycles. The summed E-state index contributed by atoms with van der Waals surface area (Å²) in [5.41, 5.74) is 8.02. The van der Waals surface area contributed by atoms with Crippen LogP contribution in [0.5, 0.6) is 17.2 Å². The lowest BCUT2D eigenvalue weighted by molar-refractivity contribution is 0.0717. The third kappa shape index (κ3) is 4.43. The maximum absolute atomic E-state index is 13.3. The van der Waals surface area contributed by atoms with E-state index in [2.05, 4.69) is 9.97 Å². The summed E-state index contributed by atoms with van der Waals surface area (Å²) in [5, 5.41) is 0.702. The lowest BCUT2D eigenvalue weighted by Crippen LogP contribution is -2.38. The van der Waals surface area contributed by atoms with Crippen LogP contribution in [0.3, 0.4) is 0 Å². The zero-order valence-corrected chi connectivity index (χ0v) is 18.9. The second-order valence-corrected chi connectivity index (χ2v) is 8.21. The first-order chi connectivity index (χ1) is 15.5. The van der Waals surface area contributed by atoms with E-state index in [-0.39, 0.29) is 11.9 Å². The predicted molar refractivity (Wildman–Crippen MR) is 122 cm³/mol. The third-order valence-electron chi connectivity index (χ3n) is 5.24. The van der Waals surface area contributed by atoms with Gasteiger partial charge >= 0.3 is 0 Å². The number of aromatic nitrogens is 2. The molecular weight excluding hydrogens is 428 g/mol. The minimum absolute atomic E-state index is 0.0805. The molecule has 1 aliphatic heterocycles. The largest absolute Gasteiger partial charge is 0.497 e. The smallest absolute Gasteiger partial charge is 0.273 e. The molecule has 166 valence electrons. The van der Waals surface area contributed by atoms with Crippen molar-refractivity contribution in [1.82, 2.24) is 14.9 Å². The highest BCUT2D eigenvalue weighted by Gasteiger charge is 2.30. The number of fused-ring (bicyclic) bond motifs is 1. The summed E-state index contributed by atoms with van der Waals surface area (Å²) in [6, 6.07) is 13.2. The van der Waals surface area contributed by atoms with Crippen molar-refractivity contribution >= 4 is 23.6 Å². The van der Waals surface area contributed by atoms with Crippen molar-refractivity contribution in [2.45, 2.75) is 22.9 Å². The number of benzene rings is 2. The van der Waals surface area contributed by atoms with Gasteiger partial charge in [-0.25, -0.2) is 9.97 Å². The number of anilines is 1. The fourth-order valence-corrected chi connectivity index (χ4v) is 4.52. The number of methoxy groups -OCH3 is 3. The third-order valence-corrected chi connectivity index (χ3v) is 6.28. The molecule has 0 atom stereocenters. The van der Waals surface area contributed by atoms with Crippen molar-refractivity contribution in [1.29, 1.82) is 0 Å². The maximum Gasteiger partial charge on any atom is 0.273 e. The highest BCUT2D eigenvalue weighted by atomic mass is 32.2. The Labute approximate surface area is 190 Å². The molecule has 0 spiro atoms. The summed E-state index contributed by atoms with van der Waals surface area (Å²) < 4.78 is 15.9. The fourth-order valence-electron chi connectivity index (χ4n) is 3.56. The standard InChI is InChI=1S/C23H24N4O4S/c1-29-15-6-8-17(9-7-15)32-21-18-10-11-27(22(28)20(18)25-23(24)26-21)13-14-4-5-16(30-2)12-19(14)31-3/h4-9,12H,10-11,13H2,1-3H3,(H2,24,25,26). The molecule has 3 aromatic rings. The molecule has 32 heavy (non-hydrogen) atoms. The van der Waals surface area contributed by atoms with Gasteiger partial charge in [0, 0.05) is 35.2 Å². The van der Waals surface area contributed by atoms with Gasteiger partial charge in [-0.1, -0.05) is 11.8 Å². The van der Waals surface area contributed by atoms with Crippen molar-refractivity contribution in [2.75, 3.05) is 33.6 Å². The minimum Gasteiger partial charge on any atom is -0.497 e. The van der Waals surface area contributed by atoms with Crippen molar-refractivity contribution in [3.8, 4) is 17.2 Å². The quantitative estimate of drug-likeness (QED) is 0.544. The van der Waals surface area contributed by atoms with E-state index >= 15 is 0 Å². The second-order valence-electron chi connectivity index (χ2n) is 7.15. The molecule has 1 aliphatic rings. The Morgan fingerprint density at radius 3 is 2.41 bits per heavy atom. The number of hydrogen-bond donors (Lipinski definition) is 1. The summed E-state index contributed by atoms with van der Waals surface area (Å²) in [6.07, 6.45) is 0.637. The first-order valence-corrected chi connectivity index (χ1v) is 10.8. The maximum atomic E-state index is 13.3.